The summed E-state index contributed by atoms with van der Waals surface area (Å²) in [5, 5.41) is 11.1. The minimum atomic E-state index is -0.137. The Balaban J connectivity index is 1.64. The van der Waals surface area contributed by atoms with Crippen molar-refractivity contribution in [2.45, 2.75) is 26.8 Å². The first-order valence-corrected chi connectivity index (χ1v) is 7.77. The number of amides is 1. The predicted molar refractivity (Wildman–Crippen MR) is 88.2 cm³/mol. The van der Waals surface area contributed by atoms with Gasteiger partial charge in [-0.05, 0) is 18.1 Å². The summed E-state index contributed by atoms with van der Waals surface area (Å²) in [4.78, 5) is 16.4. The second-order valence-corrected chi connectivity index (χ2v) is 5.51. The van der Waals surface area contributed by atoms with E-state index in [2.05, 4.69) is 20.6 Å². The average Bonchev–Trinajstić information content (AvgIpc) is 3.19. The first kappa shape index (κ1) is 15.9. The van der Waals surface area contributed by atoms with Gasteiger partial charge in [0.25, 0.3) is 5.91 Å². The largest absolute Gasteiger partial charge is 0.347 e. The van der Waals surface area contributed by atoms with Gasteiger partial charge in [-0.15, -0.1) is 0 Å². The summed E-state index contributed by atoms with van der Waals surface area (Å²) in [6, 6.07) is 9.50. The highest BCUT2D eigenvalue weighted by molar-refractivity contribution is 5.92. The summed E-state index contributed by atoms with van der Waals surface area (Å²) >= 11 is 0. The third kappa shape index (κ3) is 3.34. The Morgan fingerprint density at radius 2 is 2.04 bits per heavy atom. The molecule has 7 nitrogen and oxygen atoms in total. The fraction of sp³-hybridized carbons (Fsp3) is 0.294. The van der Waals surface area contributed by atoms with Crippen molar-refractivity contribution in [1.29, 1.82) is 0 Å². The molecule has 0 unspecified atom stereocenters. The molecule has 1 N–H and O–H groups in total. The molecule has 0 spiro atoms. The second-order valence-electron chi connectivity index (χ2n) is 5.51. The van der Waals surface area contributed by atoms with Gasteiger partial charge in [0, 0.05) is 26.1 Å². The van der Waals surface area contributed by atoms with E-state index in [1.54, 1.807) is 18.7 Å². The Labute approximate surface area is 139 Å². The molecule has 2 heterocycles. The number of benzene rings is 1. The van der Waals surface area contributed by atoms with Crippen LogP contribution in [0.3, 0.4) is 0 Å². The van der Waals surface area contributed by atoms with Crippen LogP contribution in [-0.4, -0.2) is 25.8 Å². The molecule has 1 aromatic carbocycles. The maximum atomic E-state index is 12.3. The van der Waals surface area contributed by atoms with Gasteiger partial charge in [-0.2, -0.15) is 10.1 Å². The highest BCUT2D eigenvalue weighted by Crippen LogP contribution is 2.16. The van der Waals surface area contributed by atoms with Crippen LogP contribution in [0.1, 0.15) is 34.6 Å². The highest BCUT2D eigenvalue weighted by Gasteiger charge is 2.12. The molecule has 0 aliphatic carbocycles. The van der Waals surface area contributed by atoms with Crippen LogP contribution in [0.4, 0.5) is 0 Å². The molecule has 0 atom stereocenters. The van der Waals surface area contributed by atoms with Crippen LogP contribution in [-0.2, 0) is 20.0 Å². The van der Waals surface area contributed by atoms with Gasteiger partial charge in [-0.3, -0.25) is 9.48 Å². The molecule has 0 aliphatic rings. The van der Waals surface area contributed by atoms with E-state index in [0.717, 1.165) is 23.2 Å². The van der Waals surface area contributed by atoms with Crippen molar-refractivity contribution < 1.29 is 9.32 Å². The topological polar surface area (TPSA) is 85.8 Å². The summed E-state index contributed by atoms with van der Waals surface area (Å²) in [6.45, 7) is 4.20. The minimum Gasteiger partial charge on any atom is -0.347 e. The molecule has 3 rings (SSSR count). The Hall–Kier alpha value is -2.96. The number of rotatable bonds is 5. The number of hydrogen-bond acceptors (Lipinski definition) is 5. The molecule has 2 aromatic heterocycles. The van der Waals surface area contributed by atoms with Crippen LogP contribution in [0.2, 0.25) is 0 Å². The fourth-order valence-corrected chi connectivity index (χ4v) is 2.37. The Morgan fingerprint density at radius 1 is 1.29 bits per heavy atom. The van der Waals surface area contributed by atoms with Crippen molar-refractivity contribution in [2.24, 2.45) is 7.05 Å². The van der Waals surface area contributed by atoms with Crippen LogP contribution < -0.4 is 5.32 Å². The summed E-state index contributed by atoms with van der Waals surface area (Å²) in [6.07, 6.45) is 0.804. The molecule has 0 saturated carbocycles. The van der Waals surface area contributed by atoms with Gasteiger partial charge in [0.2, 0.25) is 11.7 Å². The van der Waals surface area contributed by atoms with E-state index >= 15 is 0 Å². The van der Waals surface area contributed by atoms with Gasteiger partial charge in [0.05, 0.1) is 5.69 Å². The van der Waals surface area contributed by atoms with Crippen LogP contribution in [0.15, 0.2) is 34.9 Å². The molecule has 1 amide bonds. The van der Waals surface area contributed by atoms with Crippen LogP contribution in [0.5, 0.6) is 0 Å². The predicted octanol–water partition coefficient (Wildman–Crippen LogP) is 2.27. The number of hydrogen-bond donors (Lipinski definition) is 1. The van der Waals surface area contributed by atoms with Crippen molar-refractivity contribution >= 4 is 5.91 Å². The third-order valence-electron chi connectivity index (χ3n) is 3.72. The number of nitrogens with one attached hydrogen (secondary N) is 1. The average molecular weight is 325 g/mol. The van der Waals surface area contributed by atoms with Crippen molar-refractivity contribution in [1.82, 2.24) is 25.2 Å². The van der Waals surface area contributed by atoms with Crippen molar-refractivity contribution in [3.8, 4) is 11.4 Å². The van der Waals surface area contributed by atoms with Gasteiger partial charge in [0.1, 0.15) is 5.69 Å². The van der Waals surface area contributed by atoms with Gasteiger partial charge in [0.15, 0.2) is 0 Å². The molecule has 124 valence electrons. The molecule has 7 heteroatoms. The Morgan fingerprint density at radius 3 is 2.62 bits per heavy atom. The number of carbonyl (C=O) groups is 1. The SMILES string of the molecule is CCc1cc(C(=O)NCc2ccc(-c3noc(C)n3)cc2)n(C)n1. The molecule has 24 heavy (non-hydrogen) atoms. The summed E-state index contributed by atoms with van der Waals surface area (Å²) < 4.78 is 6.58. The smallest absolute Gasteiger partial charge is 0.269 e. The Bertz CT molecular complexity index is 848. The van der Waals surface area contributed by atoms with Crippen LogP contribution in [0, 0.1) is 6.92 Å². The summed E-state index contributed by atoms with van der Waals surface area (Å²) in [5.74, 6) is 0.955. The molecule has 3 aromatic rings. The van der Waals surface area contributed by atoms with Gasteiger partial charge < -0.3 is 9.84 Å². The monoisotopic (exact) mass is 325 g/mol. The standard InChI is InChI=1S/C17H19N5O2/c1-4-14-9-15(22(3)20-14)17(23)18-10-12-5-7-13(8-6-12)16-19-11(2)24-21-16/h5-9H,4,10H2,1-3H3,(H,18,23). The molecule has 0 fully saturated rings. The zero-order chi connectivity index (χ0) is 17.1. The highest BCUT2D eigenvalue weighted by atomic mass is 16.5. The van der Waals surface area contributed by atoms with E-state index in [1.807, 2.05) is 37.3 Å². The zero-order valence-corrected chi connectivity index (χ0v) is 13.9. The maximum absolute atomic E-state index is 12.3. The third-order valence-corrected chi connectivity index (χ3v) is 3.72. The van der Waals surface area contributed by atoms with E-state index in [9.17, 15) is 4.79 Å². The van der Waals surface area contributed by atoms with E-state index in [-0.39, 0.29) is 5.91 Å². The molecular formula is C17H19N5O2. The van der Waals surface area contributed by atoms with E-state index in [1.165, 1.54) is 0 Å². The lowest BCUT2D eigenvalue weighted by molar-refractivity contribution is 0.0941. The Kier molecular flexibility index (Phi) is 4.41. The lowest BCUT2D eigenvalue weighted by Crippen LogP contribution is -2.25. The van der Waals surface area contributed by atoms with E-state index in [4.69, 9.17) is 4.52 Å². The van der Waals surface area contributed by atoms with Crippen LogP contribution >= 0.6 is 0 Å². The number of carbonyl (C=O) groups excluding carboxylic acids is 1. The fourth-order valence-electron chi connectivity index (χ4n) is 2.37. The quantitative estimate of drug-likeness (QED) is 0.778. The number of nitrogens with zero attached hydrogens (tertiary/aromatic N) is 4. The lowest BCUT2D eigenvalue weighted by Gasteiger charge is -2.06. The normalized spacial score (nSPS) is 10.8. The van der Waals surface area contributed by atoms with Crippen molar-refractivity contribution in [3.63, 3.8) is 0 Å². The molecule has 0 bridgehead atoms. The summed E-state index contributed by atoms with van der Waals surface area (Å²) in [5.41, 5.74) is 3.33. The van der Waals surface area contributed by atoms with Gasteiger partial charge in [-0.25, -0.2) is 0 Å². The molecule has 0 saturated heterocycles. The first-order chi connectivity index (χ1) is 11.6. The molecule has 0 radical (unpaired) electrons. The van der Waals surface area contributed by atoms with E-state index < -0.39 is 0 Å². The first-order valence-electron chi connectivity index (χ1n) is 7.77. The number of aromatic nitrogens is 4. The van der Waals surface area contributed by atoms with Crippen LogP contribution in [0.25, 0.3) is 11.4 Å². The lowest BCUT2D eigenvalue weighted by atomic mass is 10.1. The zero-order valence-electron chi connectivity index (χ0n) is 13.9. The minimum absolute atomic E-state index is 0.137. The van der Waals surface area contributed by atoms with Gasteiger partial charge >= 0.3 is 0 Å². The van der Waals surface area contributed by atoms with Crippen molar-refractivity contribution in [3.05, 3.63) is 53.2 Å². The summed E-state index contributed by atoms with van der Waals surface area (Å²) in [7, 11) is 1.77. The van der Waals surface area contributed by atoms with Crippen molar-refractivity contribution in [2.75, 3.05) is 0 Å². The second kappa shape index (κ2) is 6.66. The van der Waals surface area contributed by atoms with E-state index in [0.29, 0.717) is 24.0 Å². The molecule has 0 aliphatic heterocycles. The maximum Gasteiger partial charge on any atom is 0.269 e. The van der Waals surface area contributed by atoms with Gasteiger partial charge in [-0.1, -0.05) is 36.3 Å². The molecular weight excluding hydrogens is 306 g/mol. The number of aryl methyl sites for hydroxylation is 3.